The largest absolute Gasteiger partial charge is 0.345 e. The Morgan fingerprint density at radius 2 is 1.19 bits per heavy atom. The van der Waals surface area contributed by atoms with Gasteiger partial charge in [-0.05, 0) is 59.3 Å². The number of carbonyl (C=O) groups excluding carboxylic acids is 2. The summed E-state index contributed by atoms with van der Waals surface area (Å²) < 4.78 is 0. The first-order chi connectivity index (χ1) is 12.7. The van der Waals surface area contributed by atoms with E-state index in [1.54, 1.807) is 0 Å². The third kappa shape index (κ3) is 4.58. The highest BCUT2D eigenvalue weighted by Gasteiger charge is 2.61. The van der Waals surface area contributed by atoms with E-state index in [9.17, 15) is 9.59 Å². The van der Waals surface area contributed by atoms with Crippen LogP contribution in [0.15, 0.2) is 0 Å². The minimum absolute atomic E-state index is 0.00512. The van der Waals surface area contributed by atoms with Gasteiger partial charge in [-0.1, -0.05) is 51.4 Å². The number of hydrogen-bond donors (Lipinski definition) is 2. The summed E-state index contributed by atoms with van der Waals surface area (Å²) in [6.45, 7) is 8.49. The molecule has 154 valence electrons. The predicted octanol–water partition coefficient (Wildman–Crippen LogP) is 4.51. The molecule has 0 bridgehead atoms. The average molecular weight is 377 g/mol. The minimum Gasteiger partial charge on any atom is -0.345 e. The second-order valence-electron chi connectivity index (χ2n) is 10.8. The highest BCUT2D eigenvalue weighted by Crippen LogP contribution is 2.47. The normalized spacial score (nSPS) is 32.1. The first kappa shape index (κ1) is 20.8. The van der Waals surface area contributed by atoms with Crippen LogP contribution in [0.2, 0.25) is 0 Å². The van der Waals surface area contributed by atoms with Gasteiger partial charge in [0, 0.05) is 11.1 Å². The van der Waals surface area contributed by atoms with Gasteiger partial charge in [0.15, 0.2) is 5.78 Å². The van der Waals surface area contributed by atoms with Crippen LogP contribution in [0.3, 0.4) is 0 Å². The zero-order valence-electron chi connectivity index (χ0n) is 18.0. The van der Waals surface area contributed by atoms with Gasteiger partial charge in [-0.25, -0.2) is 0 Å². The van der Waals surface area contributed by atoms with Crippen molar-refractivity contribution in [3.05, 3.63) is 0 Å². The van der Waals surface area contributed by atoms with Crippen molar-refractivity contribution in [3.8, 4) is 0 Å². The van der Waals surface area contributed by atoms with Crippen molar-refractivity contribution in [3.63, 3.8) is 0 Å². The molecule has 3 aliphatic rings. The SMILES string of the molecule is CC1(C)CC2(CC(C)(C)N1)C(=O)NC(C1CCCCCCCCCC1)C2=O. The first-order valence-electron chi connectivity index (χ1n) is 11.3. The quantitative estimate of drug-likeness (QED) is 0.662. The Balaban J connectivity index is 1.79. The Bertz CT molecular complexity index is 539. The average Bonchev–Trinajstić information content (AvgIpc) is 2.76. The van der Waals surface area contributed by atoms with E-state index < -0.39 is 5.41 Å². The highest BCUT2D eigenvalue weighted by atomic mass is 16.2. The van der Waals surface area contributed by atoms with Crippen LogP contribution in [0.4, 0.5) is 0 Å². The monoisotopic (exact) mass is 376 g/mol. The number of nitrogens with one attached hydrogen (secondary N) is 2. The molecule has 4 heteroatoms. The molecule has 1 saturated carbocycles. The van der Waals surface area contributed by atoms with Crippen LogP contribution >= 0.6 is 0 Å². The molecule has 4 nitrogen and oxygen atoms in total. The second kappa shape index (κ2) is 7.85. The molecule has 1 amide bonds. The Kier molecular flexibility index (Phi) is 6.05. The van der Waals surface area contributed by atoms with Crippen LogP contribution in [0.25, 0.3) is 0 Å². The Morgan fingerprint density at radius 3 is 1.67 bits per heavy atom. The van der Waals surface area contributed by atoms with E-state index in [4.69, 9.17) is 0 Å². The van der Waals surface area contributed by atoms with E-state index in [-0.39, 0.29) is 28.8 Å². The Hall–Kier alpha value is -0.900. The van der Waals surface area contributed by atoms with Crippen LogP contribution < -0.4 is 10.6 Å². The molecular weight excluding hydrogens is 336 g/mol. The second-order valence-corrected chi connectivity index (χ2v) is 10.8. The number of piperidine rings is 1. The van der Waals surface area contributed by atoms with Gasteiger partial charge < -0.3 is 10.6 Å². The van der Waals surface area contributed by atoms with Gasteiger partial charge in [0.2, 0.25) is 5.91 Å². The van der Waals surface area contributed by atoms with Crippen molar-refractivity contribution < 1.29 is 9.59 Å². The Labute approximate surface area is 165 Å². The molecule has 1 spiro atoms. The molecule has 1 aliphatic carbocycles. The topological polar surface area (TPSA) is 58.2 Å². The number of hydrogen-bond acceptors (Lipinski definition) is 3. The van der Waals surface area contributed by atoms with Crippen molar-refractivity contribution >= 4 is 11.7 Å². The van der Waals surface area contributed by atoms with Crippen molar-refractivity contribution in [2.45, 2.75) is 122 Å². The lowest BCUT2D eigenvalue weighted by molar-refractivity contribution is -0.142. The Morgan fingerprint density at radius 1 is 0.741 bits per heavy atom. The summed E-state index contributed by atoms with van der Waals surface area (Å²) in [5, 5.41) is 6.82. The first-order valence-corrected chi connectivity index (χ1v) is 11.3. The summed E-state index contributed by atoms with van der Waals surface area (Å²) in [6.07, 6.45) is 13.6. The molecule has 0 aromatic carbocycles. The van der Waals surface area contributed by atoms with Crippen molar-refractivity contribution in [2.75, 3.05) is 0 Å². The van der Waals surface area contributed by atoms with E-state index in [1.807, 2.05) is 0 Å². The maximum Gasteiger partial charge on any atom is 0.234 e. The molecule has 0 aromatic heterocycles. The fourth-order valence-electron chi connectivity index (χ4n) is 6.35. The molecular formula is C23H40N2O2. The molecule has 0 aromatic rings. The maximum atomic E-state index is 13.7. The summed E-state index contributed by atoms with van der Waals surface area (Å²) in [6, 6.07) is -0.261. The molecule has 2 saturated heterocycles. The minimum atomic E-state index is -0.838. The molecule has 27 heavy (non-hydrogen) atoms. The zero-order chi connectivity index (χ0) is 19.7. The van der Waals surface area contributed by atoms with E-state index in [0.29, 0.717) is 18.8 Å². The van der Waals surface area contributed by atoms with Gasteiger partial charge >= 0.3 is 0 Å². The molecule has 3 fully saturated rings. The zero-order valence-corrected chi connectivity index (χ0v) is 18.0. The number of carbonyl (C=O) groups is 2. The van der Waals surface area contributed by atoms with E-state index >= 15 is 0 Å². The smallest absolute Gasteiger partial charge is 0.234 e. The highest BCUT2D eigenvalue weighted by molar-refractivity contribution is 6.15. The van der Waals surface area contributed by atoms with Gasteiger partial charge in [0.05, 0.1) is 6.04 Å². The third-order valence-corrected chi connectivity index (χ3v) is 7.01. The molecule has 1 unspecified atom stereocenters. The molecule has 3 rings (SSSR count). The molecule has 2 heterocycles. The lowest BCUT2D eigenvalue weighted by Crippen LogP contribution is -2.64. The van der Waals surface area contributed by atoms with Gasteiger partial charge in [-0.15, -0.1) is 0 Å². The summed E-state index contributed by atoms with van der Waals surface area (Å²) in [5.74, 6) is 0.504. The molecule has 1 atom stereocenters. The maximum absolute atomic E-state index is 13.7. The van der Waals surface area contributed by atoms with E-state index in [0.717, 1.165) is 12.8 Å². The summed E-state index contributed by atoms with van der Waals surface area (Å²) >= 11 is 0. The summed E-state index contributed by atoms with van der Waals surface area (Å²) in [7, 11) is 0. The molecule has 2 N–H and O–H groups in total. The van der Waals surface area contributed by atoms with Crippen molar-refractivity contribution in [2.24, 2.45) is 11.3 Å². The van der Waals surface area contributed by atoms with Crippen molar-refractivity contribution in [1.82, 2.24) is 10.6 Å². The van der Waals surface area contributed by atoms with Crippen LogP contribution in [-0.4, -0.2) is 28.8 Å². The molecule has 0 radical (unpaired) electrons. The fraction of sp³-hybridized carbons (Fsp3) is 0.913. The van der Waals surface area contributed by atoms with E-state index in [1.165, 1.54) is 51.4 Å². The number of amides is 1. The van der Waals surface area contributed by atoms with Crippen LogP contribution in [0.1, 0.15) is 105 Å². The predicted molar refractivity (Wildman–Crippen MR) is 110 cm³/mol. The number of Topliss-reactive ketones (excluding diaryl/α,β-unsaturated/α-hetero) is 1. The lowest BCUT2D eigenvalue weighted by atomic mass is 9.63. The van der Waals surface area contributed by atoms with Crippen molar-refractivity contribution in [1.29, 1.82) is 0 Å². The molecule has 2 aliphatic heterocycles. The van der Waals surface area contributed by atoms with Gasteiger partial charge in [-0.2, -0.15) is 0 Å². The number of ketones is 1. The summed E-state index contributed by atoms with van der Waals surface area (Å²) in [5.41, 5.74) is -1.26. The van der Waals surface area contributed by atoms with Gasteiger partial charge in [0.1, 0.15) is 5.41 Å². The lowest BCUT2D eigenvalue weighted by Gasteiger charge is -2.49. The fourth-order valence-corrected chi connectivity index (χ4v) is 6.35. The number of rotatable bonds is 1. The van der Waals surface area contributed by atoms with Gasteiger partial charge in [0.25, 0.3) is 0 Å². The van der Waals surface area contributed by atoms with Crippen LogP contribution in [0.5, 0.6) is 0 Å². The van der Waals surface area contributed by atoms with Gasteiger partial charge in [-0.3, -0.25) is 9.59 Å². The summed E-state index contributed by atoms with van der Waals surface area (Å²) in [4.78, 5) is 26.8. The van der Waals surface area contributed by atoms with Crippen LogP contribution in [0, 0.1) is 11.3 Å². The standard InChI is InChI=1S/C23H40N2O2/c1-21(2)15-23(16-22(3,4)25-21)19(26)18(24-20(23)27)17-13-11-9-7-5-6-8-10-12-14-17/h17-18,25H,5-16H2,1-4H3,(H,24,27). The van der Waals surface area contributed by atoms with Crippen LogP contribution in [-0.2, 0) is 9.59 Å². The van der Waals surface area contributed by atoms with E-state index in [2.05, 4.69) is 38.3 Å². The third-order valence-electron chi connectivity index (χ3n) is 7.01.